The van der Waals surface area contributed by atoms with Crippen LogP contribution in [0.2, 0.25) is 0 Å². The summed E-state index contributed by atoms with van der Waals surface area (Å²) in [5.41, 5.74) is 0.785. The standard InChI is InChI=1S/C22H23N3O5/c1-22(13-12-15-6-4-3-5-7-15)20(28)25(21(29)24-22)14-18(26)23-17-10-8-16(9-11-17)19(27)30-2/h3-11H,12-14H2,1-2H3,(H,23,26)(H,24,29)/t22-/m0/s1. The molecular weight excluding hydrogens is 386 g/mol. The summed E-state index contributed by atoms with van der Waals surface area (Å²) >= 11 is 0. The third-order valence-electron chi connectivity index (χ3n) is 4.99. The van der Waals surface area contributed by atoms with Gasteiger partial charge in [0.2, 0.25) is 5.91 Å². The third-order valence-corrected chi connectivity index (χ3v) is 4.99. The SMILES string of the molecule is COC(=O)c1ccc(NC(=O)CN2C(=O)N[C@@](C)(CCc3ccccc3)C2=O)cc1. The Morgan fingerprint density at radius 3 is 2.37 bits per heavy atom. The number of anilines is 1. The largest absolute Gasteiger partial charge is 0.465 e. The molecule has 0 saturated carbocycles. The first kappa shape index (κ1) is 21.0. The van der Waals surface area contributed by atoms with Gasteiger partial charge in [0, 0.05) is 5.69 Å². The van der Waals surface area contributed by atoms with Crippen LogP contribution in [-0.2, 0) is 20.7 Å². The zero-order valence-electron chi connectivity index (χ0n) is 16.8. The molecule has 30 heavy (non-hydrogen) atoms. The van der Waals surface area contributed by atoms with Crippen molar-refractivity contribution in [2.75, 3.05) is 19.0 Å². The summed E-state index contributed by atoms with van der Waals surface area (Å²) in [7, 11) is 1.28. The van der Waals surface area contributed by atoms with E-state index in [-0.39, 0.29) is 0 Å². The molecule has 2 aromatic rings. The van der Waals surface area contributed by atoms with Crippen LogP contribution >= 0.6 is 0 Å². The number of ether oxygens (including phenoxy) is 1. The Hall–Kier alpha value is -3.68. The van der Waals surface area contributed by atoms with Crippen molar-refractivity contribution in [3.05, 3.63) is 65.7 Å². The monoisotopic (exact) mass is 409 g/mol. The maximum Gasteiger partial charge on any atom is 0.337 e. The van der Waals surface area contributed by atoms with Crippen LogP contribution in [0.25, 0.3) is 0 Å². The molecule has 156 valence electrons. The first-order valence-corrected chi connectivity index (χ1v) is 9.49. The van der Waals surface area contributed by atoms with Crippen LogP contribution in [0.3, 0.4) is 0 Å². The van der Waals surface area contributed by atoms with Crippen LogP contribution in [0.4, 0.5) is 10.5 Å². The van der Waals surface area contributed by atoms with E-state index < -0.39 is 35.9 Å². The molecule has 8 nitrogen and oxygen atoms in total. The minimum Gasteiger partial charge on any atom is -0.465 e. The molecule has 1 heterocycles. The molecule has 3 rings (SSSR count). The van der Waals surface area contributed by atoms with Gasteiger partial charge in [0.05, 0.1) is 12.7 Å². The highest BCUT2D eigenvalue weighted by Crippen LogP contribution is 2.23. The molecule has 1 aliphatic rings. The molecule has 0 aliphatic carbocycles. The topological polar surface area (TPSA) is 105 Å². The summed E-state index contributed by atoms with van der Waals surface area (Å²) in [4.78, 5) is 49.8. The van der Waals surface area contributed by atoms with Gasteiger partial charge in [0.15, 0.2) is 0 Å². The lowest BCUT2D eigenvalue weighted by molar-refractivity contribution is -0.133. The zero-order chi connectivity index (χ0) is 21.7. The van der Waals surface area contributed by atoms with E-state index in [4.69, 9.17) is 0 Å². The van der Waals surface area contributed by atoms with E-state index in [1.54, 1.807) is 19.1 Å². The average Bonchev–Trinajstić information content (AvgIpc) is 2.96. The van der Waals surface area contributed by atoms with Crippen LogP contribution < -0.4 is 10.6 Å². The number of amides is 4. The summed E-state index contributed by atoms with van der Waals surface area (Å²) in [6, 6.07) is 15.2. The predicted octanol–water partition coefficient (Wildman–Crippen LogP) is 2.36. The number of aryl methyl sites for hydroxylation is 1. The van der Waals surface area contributed by atoms with E-state index in [1.807, 2.05) is 30.3 Å². The maximum atomic E-state index is 12.8. The Balaban J connectivity index is 1.59. The van der Waals surface area contributed by atoms with Gasteiger partial charge in [0.1, 0.15) is 12.1 Å². The van der Waals surface area contributed by atoms with E-state index in [1.165, 1.54) is 19.2 Å². The Morgan fingerprint density at radius 1 is 1.07 bits per heavy atom. The zero-order valence-corrected chi connectivity index (χ0v) is 16.8. The molecule has 0 unspecified atom stereocenters. The van der Waals surface area contributed by atoms with Crippen molar-refractivity contribution in [3.8, 4) is 0 Å². The Kier molecular flexibility index (Phi) is 6.15. The predicted molar refractivity (Wildman–Crippen MR) is 110 cm³/mol. The number of benzene rings is 2. The van der Waals surface area contributed by atoms with Crippen LogP contribution in [0.5, 0.6) is 0 Å². The second-order valence-corrected chi connectivity index (χ2v) is 7.26. The van der Waals surface area contributed by atoms with Crippen molar-refractivity contribution in [3.63, 3.8) is 0 Å². The number of esters is 1. The van der Waals surface area contributed by atoms with Gasteiger partial charge >= 0.3 is 12.0 Å². The fourth-order valence-electron chi connectivity index (χ4n) is 3.25. The number of hydrogen-bond donors (Lipinski definition) is 2. The molecule has 2 N–H and O–H groups in total. The fraction of sp³-hybridized carbons (Fsp3) is 0.273. The number of nitrogens with zero attached hydrogens (tertiary/aromatic N) is 1. The van der Waals surface area contributed by atoms with Gasteiger partial charge in [-0.15, -0.1) is 0 Å². The molecule has 1 aliphatic heterocycles. The van der Waals surface area contributed by atoms with Gasteiger partial charge in [-0.1, -0.05) is 30.3 Å². The van der Waals surface area contributed by atoms with Gasteiger partial charge in [-0.2, -0.15) is 0 Å². The number of methoxy groups -OCH3 is 1. The van der Waals surface area contributed by atoms with Gasteiger partial charge in [-0.05, 0) is 49.6 Å². The molecule has 1 atom stereocenters. The highest BCUT2D eigenvalue weighted by atomic mass is 16.5. The highest BCUT2D eigenvalue weighted by Gasteiger charge is 2.47. The van der Waals surface area contributed by atoms with Crippen LogP contribution in [-0.4, -0.2) is 47.9 Å². The smallest absolute Gasteiger partial charge is 0.337 e. The number of carbonyl (C=O) groups is 4. The highest BCUT2D eigenvalue weighted by molar-refractivity contribution is 6.10. The summed E-state index contributed by atoms with van der Waals surface area (Å²) in [5.74, 6) is -1.43. The first-order chi connectivity index (χ1) is 14.3. The molecule has 8 heteroatoms. The lowest BCUT2D eigenvalue weighted by Crippen LogP contribution is -2.45. The van der Waals surface area contributed by atoms with Crippen molar-refractivity contribution in [1.29, 1.82) is 0 Å². The van der Waals surface area contributed by atoms with Crippen LogP contribution in [0, 0.1) is 0 Å². The van der Waals surface area contributed by atoms with Crippen molar-refractivity contribution in [2.24, 2.45) is 0 Å². The lowest BCUT2D eigenvalue weighted by atomic mass is 9.93. The fourth-order valence-corrected chi connectivity index (χ4v) is 3.25. The third kappa shape index (κ3) is 4.65. The van der Waals surface area contributed by atoms with Gasteiger partial charge in [-0.3, -0.25) is 14.5 Å². The maximum absolute atomic E-state index is 12.8. The van der Waals surface area contributed by atoms with Crippen molar-refractivity contribution >= 4 is 29.5 Å². The van der Waals surface area contributed by atoms with E-state index in [0.29, 0.717) is 24.1 Å². The van der Waals surface area contributed by atoms with E-state index in [0.717, 1.165) is 10.5 Å². The minimum atomic E-state index is -1.06. The van der Waals surface area contributed by atoms with E-state index in [9.17, 15) is 19.2 Å². The molecule has 0 radical (unpaired) electrons. The lowest BCUT2D eigenvalue weighted by Gasteiger charge is -2.21. The molecular formula is C22H23N3O5. The summed E-state index contributed by atoms with van der Waals surface area (Å²) in [5, 5.41) is 5.32. The molecule has 4 amide bonds. The Bertz CT molecular complexity index is 958. The van der Waals surface area contributed by atoms with E-state index in [2.05, 4.69) is 15.4 Å². The van der Waals surface area contributed by atoms with Crippen molar-refractivity contribution in [2.45, 2.75) is 25.3 Å². The quantitative estimate of drug-likeness (QED) is 0.540. The number of carbonyl (C=O) groups excluding carboxylic acids is 4. The van der Waals surface area contributed by atoms with E-state index >= 15 is 0 Å². The number of hydrogen-bond acceptors (Lipinski definition) is 5. The van der Waals surface area contributed by atoms with Crippen LogP contribution in [0.1, 0.15) is 29.3 Å². The average molecular weight is 409 g/mol. The van der Waals surface area contributed by atoms with Crippen molar-refractivity contribution < 1.29 is 23.9 Å². The number of urea groups is 1. The van der Waals surface area contributed by atoms with Gasteiger partial charge < -0.3 is 15.4 Å². The number of rotatable bonds is 7. The minimum absolute atomic E-state index is 0.346. The molecule has 2 aromatic carbocycles. The molecule has 0 spiro atoms. The second-order valence-electron chi connectivity index (χ2n) is 7.26. The molecule has 0 aromatic heterocycles. The number of nitrogens with one attached hydrogen (secondary N) is 2. The van der Waals surface area contributed by atoms with Gasteiger partial charge in [-0.25, -0.2) is 9.59 Å². The van der Waals surface area contributed by atoms with Crippen molar-refractivity contribution in [1.82, 2.24) is 10.2 Å². The summed E-state index contributed by atoms with van der Waals surface area (Å²) < 4.78 is 4.62. The molecule has 1 saturated heterocycles. The van der Waals surface area contributed by atoms with Crippen LogP contribution in [0.15, 0.2) is 54.6 Å². The normalized spacial score (nSPS) is 18.1. The van der Waals surface area contributed by atoms with Gasteiger partial charge in [0.25, 0.3) is 5.91 Å². The second kappa shape index (κ2) is 8.77. The Labute approximate surface area is 174 Å². The molecule has 0 bridgehead atoms. The first-order valence-electron chi connectivity index (χ1n) is 9.49. The summed E-state index contributed by atoms with van der Waals surface area (Å²) in [6.45, 7) is 1.27. The Morgan fingerprint density at radius 2 is 1.73 bits per heavy atom. The number of imide groups is 1. The summed E-state index contributed by atoms with van der Waals surface area (Å²) in [6.07, 6.45) is 1.05. The molecule has 1 fully saturated rings.